The van der Waals surface area contributed by atoms with E-state index in [1.165, 1.54) is 0 Å². The summed E-state index contributed by atoms with van der Waals surface area (Å²) in [6, 6.07) is 5.31. The van der Waals surface area contributed by atoms with Gasteiger partial charge in [-0.25, -0.2) is 4.98 Å². The first-order valence-electron chi connectivity index (χ1n) is 3.98. The van der Waals surface area contributed by atoms with Crippen molar-refractivity contribution in [3.05, 3.63) is 40.6 Å². The molecule has 0 aliphatic carbocycles. The topological polar surface area (TPSA) is 40.7 Å². The summed E-state index contributed by atoms with van der Waals surface area (Å²) in [5.41, 5.74) is 0.658. The van der Waals surface area contributed by atoms with Gasteiger partial charge >= 0.3 is 0 Å². The summed E-state index contributed by atoms with van der Waals surface area (Å²) in [6.07, 6.45) is 3.36. The van der Waals surface area contributed by atoms with Crippen molar-refractivity contribution < 1.29 is 0 Å². The number of aromatic nitrogens is 2. The summed E-state index contributed by atoms with van der Waals surface area (Å²) in [7, 11) is 0. The van der Waals surface area contributed by atoms with E-state index in [4.69, 9.17) is 23.2 Å². The Morgan fingerprint density at radius 1 is 1.20 bits per heavy atom. The van der Waals surface area contributed by atoms with Crippen molar-refractivity contribution in [3.8, 4) is 0 Å². The first-order valence-corrected chi connectivity index (χ1v) is 4.73. The lowest BCUT2D eigenvalue weighted by atomic mass is 10.3. The molecule has 2 aromatic rings. The number of nitrogens with one attached hydrogen (secondary N) is 2. The molecule has 0 bridgehead atoms. The largest absolute Gasteiger partial charge is 0.331 e. The van der Waals surface area contributed by atoms with E-state index in [0.29, 0.717) is 21.7 Å². The van der Waals surface area contributed by atoms with Gasteiger partial charge in [0.25, 0.3) is 0 Å². The molecular weight excluding hydrogens is 256 g/mol. The molecule has 1 heterocycles. The second-order valence-corrected chi connectivity index (χ2v) is 3.47. The number of rotatable bonds is 2. The molecule has 0 radical (unpaired) electrons. The predicted molar refractivity (Wildman–Crippen MR) is 65.6 cm³/mol. The summed E-state index contributed by atoms with van der Waals surface area (Å²) < 4.78 is 0. The molecule has 1 aromatic carbocycles. The van der Waals surface area contributed by atoms with Crippen molar-refractivity contribution in [2.75, 3.05) is 5.32 Å². The molecule has 3 nitrogen and oxygen atoms in total. The number of nitrogens with zero attached hydrogens (tertiary/aromatic N) is 1. The maximum Gasteiger partial charge on any atom is 0.204 e. The van der Waals surface area contributed by atoms with Crippen LogP contribution in [0.2, 0.25) is 10.0 Å². The monoisotopic (exact) mass is 263 g/mol. The Balaban J connectivity index is 0.00000112. The average molecular weight is 265 g/mol. The molecule has 2 rings (SSSR count). The highest BCUT2D eigenvalue weighted by Gasteiger charge is 2.05. The van der Waals surface area contributed by atoms with Gasteiger partial charge in [0.1, 0.15) is 0 Å². The predicted octanol–water partition coefficient (Wildman–Crippen LogP) is 3.88. The Hall–Kier alpha value is -0.900. The number of anilines is 2. The molecule has 80 valence electrons. The van der Waals surface area contributed by atoms with E-state index in [1.807, 2.05) is 0 Å². The molecule has 0 saturated carbocycles. The third kappa shape index (κ3) is 2.78. The van der Waals surface area contributed by atoms with Gasteiger partial charge in [0.15, 0.2) is 0 Å². The van der Waals surface area contributed by atoms with Crippen LogP contribution in [0.5, 0.6) is 0 Å². The zero-order valence-electron chi connectivity index (χ0n) is 7.50. The molecule has 0 amide bonds. The van der Waals surface area contributed by atoms with E-state index in [2.05, 4.69) is 15.3 Å². The number of hydrogen-bond acceptors (Lipinski definition) is 2. The zero-order chi connectivity index (χ0) is 9.97. The van der Waals surface area contributed by atoms with E-state index < -0.39 is 0 Å². The van der Waals surface area contributed by atoms with Crippen LogP contribution >= 0.6 is 35.6 Å². The van der Waals surface area contributed by atoms with E-state index in [9.17, 15) is 0 Å². The second kappa shape index (κ2) is 5.26. The van der Waals surface area contributed by atoms with Crippen molar-refractivity contribution in [1.82, 2.24) is 9.97 Å². The molecule has 0 atom stereocenters. The van der Waals surface area contributed by atoms with E-state index in [0.717, 1.165) is 0 Å². The van der Waals surface area contributed by atoms with Crippen LogP contribution in [0.15, 0.2) is 30.6 Å². The standard InChI is InChI=1S/C9H7Cl2N3.ClH/c10-6-2-1-3-7(11)8(6)14-9-12-4-5-13-9;/h1-5H,(H2,12,13,14);1H. The van der Waals surface area contributed by atoms with Gasteiger partial charge in [-0.15, -0.1) is 12.4 Å². The van der Waals surface area contributed by atoms with Crippen LogP contribution in [0.1, 0.15) is 0 Å². The zero-order valence-corrected chi connectivity index (χ0v) is 9.83. The summed E-state index contributed by atoms with van der Waals surface area (Å²) in [6.45, 7) is 0. The van der Waals surface area contributed by atoms with Crippen LogP contribution in [0.3, 0.4) is 0 Å². The van der Waals surface area contributed by atoms with Gasteiger partial charge in [-0.2, -0.15) is 0 Å². The third-order valence-corrected chi connectivity index (χ3v) is 2.33. The lowest BCUT2D eigenvalue weighted by Gasteiger charge is -2.06. The molecule has 15 heavy (non-hydrogen) atoms. The van der Waals surface area contributed by atoms with Crippen molar-refractivity contribution >= 4 is 47.2 Å². The second-order valence-electron chi connectivity index (χ2n) is 2.66. The summed E-state index contributed by atoms with van der Waals surface area (Å²) in [4.78, 5) is 6.91. The minimum Gasteiger partial charge on any atom is -0.331 e. The number of hydrogen-bond donors (Lipinski definition) is 2. The lowest BCUT2D eigenvalue weighted by Crippen LogP contribution is -1.93. The first kappa shape index (κ1) is 12.2. The highest BCUT2D eigenvalue weighted by Crippen LogP contribution is 2.31. The van der Waals surface area contributed by atoms with Gasteiger partial charge in [0.2, 0.25) is 5.95 Å². The fourth-order valence-corrected chi connectivity index (χ4v) is 1.56. The highest BCUT2D eigenvalue weighted by molar-refractivity contribution is 6.39. The lowest BCUT2D eigenvalue weighted by molar-refractivity contribution is 1.29. The molecule has 0 aliphatic rings. The molecule has 0 aliphatic heterocycles. The van der Waals surface area contributed by atoms with Crippen LogP contribution in [-0.2, 0) is 0 Å². The molecule has 6 heteroatoms. The van der Waals surface area contributed by atoms with E-state index in [-0.39, 0.29) is 12.4 Å². The van der Waals surface area contributed by atoms with Gasteiger partial charge < -0.3 is 10.3 Å². The summed E-state index contributed by atoms with van der Waals surface area (Å²) in [5, 5.41) is 4.12. The molecule has 0 spiro atoms. The highest BCUT2D eigenvalue weighted by atomic mass is 35.5. The number of benzene rings is 1. The minimum absolute atomic E-state index is 0. The number of H-pyrrole nitrogens is 1. The fraction of sp³-hybridized carbons (Fsp3) is 0. The van der Waals surface area contributed by atoms with Gasteiger partial charge in [0.05, 0.1) is 15.7 Å². The van der Waals surface area contributed by atoms with Crippen molar-refractivity contribution in [2.45, 2.75) is 0 Å². The van der Waals surface area contributed by atoms with Crippen LogP contribution in [0, 0.1) is 0 Å². The quantitative estimate of drug-likeness (QED) is 0.864. The fourth-order valence-electron chi connectivity index (χ4n) is 1.07. The molecule has 0 saturated heterocycles. The average Bonchev–Trinajstić information content (AvgIpc) is 2.64. The molecular formula is C9H8Cl3N3. The Labute approximate surface area is 103 Å². The number of aromatic amines is 1. The number of para-hydroxylation sites is 1. The summed E-state index contributed by atoms with van der Waals surface area (Å²) in [5.74, 6) is 0.611. The van der Waals surface area contributed by atoms with Crippen LogP contribution in [0.4, 0.5) is 11.6 Å². The summed E-state index contributed by atoms with van der Waals surface area (Å²) >= 11 is 11.9. The van der Waals surface area contributed by atoms with Crippen molar-refractivity contribution in [1.29, 1.82) is 0 Å². The van der Waals surface area contributed by atoms with Crippen LogP contribution < -0.4 is 5.32 Å². The Kier molecular flexibility index (Phi) is 4.27. The SMILES string of the molecule is Cl.Clc1cccc(Cl)c1Nc1ncc[nH]1. The third-order valence-electron chi connectivity index (χ3n) is 1.70. The first-order chi connectivity index (χ1) is 6.77. The number of halogens is 3. The van der Waals surface area contributed by atoms with Gasteiger partial charge in [-0.1, -0.05) is 29.3 Å². The molecule has 1 aromatic heterocycles. The van der Waals surface area contributed by atoms with E-state index in [1.54, 1.807) is 30.6 Å². The maximum atomic E-state index is 5.96. The van der Waals surface area contributed by atoms with Crippen LogP contribution in [-0.4, -0.2) is 9.97 Å². The van der Waals surface area contributed by atoms with Gasteiger partial charge in [-0.3, -0.25) is 0 Å². The molecule has 2 N–H and O–H groups in total. The van der Waals surface area contributed by atoms with Crippen LogP contribution in [0.25, 0.3) is 0 Å². The minimum atomic E-state index is 0. The van der Waals surface area contributed by atoms with Gasteiger partial charge in [-0.05, 0) is 12.1 Å². The number of imidazole rings is 1. The van der Waals surface area contributed by atoms with Crippen molar-refractivity contribution in [2.24, 2.45) is 0 Å². The maximum absolute atomic E-state index is 5.96. The Morgan fingerprint density at radius 2 is 1.87 bits per heavy atom. The Bertz CT molecular complexity index is 408. The normalized spacial score (nSPS) is 9.47. The Morgan fingerprint density at radius 3 is 2.40 bits per heavy atom. The van der Waals surface area contributed by atoms with Crippen molar-refractivity contribution in [3.63, 3.8) is 0 Å². The molecule has 0 fully saturated rings. The smallest absolute Gasteiger partial charge is 0.204 e. The van der Waals surface area contributed by atoms with E-state index >= 15 is 0 Å². The molecule has 0 unspecified atom stereocenters. The van der Waals surface area contributed by atoms with Gasteiger partial charge in [0, 0.05) is 12.4 Å².